The second kappa shape index (κ2) is 7.11. The Balaban J connectivity index is 1.40. The van der Waals surface area contributed by atoms with Gasteiger partial charge in [-0.2, -0.15) is 10.1 Å². The number of benzene rings is 1. The van der Waals surface area contributed by atoms with Gasteiger partial charge in [-0.05, 0) is 12.5 Å². The molecule has 5 rings (SSSR count). The zero-order valence-electron chi connectivity index (χ0n) is 16.3. The number of hydrogen-bond donors (Lipinski definition) is 1. The number of anilines is 1. The van der Waals surface area contributed by atoms with E-state index in [9.17, 15) is 9.59 Å². The summed E-state index contributed by atoms with van der Waals surface area (Å²) in [6.07, 6.45) is 6.18. The molecule has 1 saturated heterocycles. The van der Waals surface area contributed by atoms with Gasteiger partial charge < -0.3 is 10.2 Å². The van der Waals surface area contributed by atoms with Crippen molar-refractivity contribution >= 4 is 23.4 Å². The Bertz CT molecular complexity index is 1260. The van der Waals surface area contributed by atoms with Crippen molar-refractivity contribution in [3.8, 4) is 11.3 Å². The molecule has 30 heavy (non-hydrogen) atoms. The molecule has 4 heterocycles. The Hall–Kier alpha value is -4.01. The van der Waals surface area contributed by atoms with Gasteiger partial charge >= 0.3 is 0 Å². The van der Waals surface area contributed by atoms with Gasteiger partial charge in [0.1, 0.15) is 5.82 Å². The number of carbonyl (C=O) groups is 2. The van der Waals surface area contributed by atoms with Crippen LogP contribution in [0.25, 0.3) is 17.0 Å². The minimum Gasteiger partial charge on any atom is -0.337 e. The van der Waals surface area contributed by atoms with Crippen LogP contribution < -0.4 is 5.32 Å². The number of imidazole rings is 1. The van der Waals surface area contributed by atoms with E-state index in [2.05, 4.69) is 20.4 Å². The number of aromatic nitrogens is 5. The van der Waals surface area contributed by atoms with Crippen molar-refractivity contribution in [1.82, 2.24) is 29.0 Å². The van der Waals surface area contributed by atoms with Crippen LogP contribution in [-0.4, -0.2) is 54.0 Å². The smallest absolute Gasteiger partial charge is 0.275 e. The summed E-state index contributed by atoms with van der Waals surface area (Å²) < 4.78 is 3.26. The number of likely N-dealkylation sites (tertiary alicyclic amines) is 1. The van der Waals surface area contributed by atoms with Crippen LogP contribution in [-0.2, 0) is 7.05 Å². The minimum absolute atomic E-state index is 0.156. The van der Waals surface area contributed by atoms with Crippen LogP contribution in [0.2, 0.25) is 0 Å². The van der Waals surface area contributed by atoms with Gasteiger partial charge in [0.05, 0.1) is 11.3 Å². The van der Waals surface area contributed by atoms with Crippen LogP contribution in [0.3, 0.4) is 0 Å². The Morgan fingerprint density at radius 2 is 1.83 bits per heavy atom. The normalized spacial score (nSPS) is 13.3. The van der Waals surface area contributed by atoms with Gasteiger partial charge in [0, 0.05) is 44.3 Å². The first-order valence-corrected chi connectivity index (χ1v) is 9.64. The van der Waals surface area contributed by atoms with Gasteiger partial charge in [0.2, 0.25) is 5.78 Å². The Morgan fingerprint density at radius 1 is 1.03 bits per heavy atom. The largest absolute Gasteiger partial charge is 0.337 e. The van der Waals surface area contributed by atoms with Gasteiger partial charge in [-0.1, -0.05) is 30.3 Å². The monoisotopic (exact) mass is 401 g/mol. The summed E-state index contributed by atoms with van der Waals surface area (Å²) in [6.45, 7) is 1.39. The van der Waals surface area contributed by atoms with E-state index in [-0.39, 0.29) is 17.2 Å². The molecule has 3 aromatic heterocycles. The molecule has 150 valence electrons. The summed E-state index contributed by atoms with van der Waals surface area (Å²) in [5.74, 6) is 0.161. The lowest BCUT2D eigenvalue weighted by Gasteiger charge is -2.30. The van der Waals surface area contributed by atoms with Crippen molar-refractivity contribution in [2.75, 3.05) is 18.4 Å². The van der Waals surface area contributed by atoms with E-state index in [0.29, 0.717) is 24.7 Å². The molecule has 2 amide bonds. The number of amides is 2. The number of carbonyl (C=O) groups excluding carboxylic acids is 2. The Morgan fingerprint density at radius 3 is 2.57 bits per heavy atom. The first kappa shape index (κ1) is 18.0. The van der Waals surface area contributed by atoms with Gasteiger partial charge in [-0.3, -0.25) is 18.7 Å². The van der Waals surface area contributed by atoms with E-state index >= 15 is 0 Å². The lowest BCUT2D eigenvalue weighted by molar-refractivity contribution is 0.0641. The summed E-state index contributed by atoms with van der Waals surface area (Å²) >= 11 is 0. The summed E-state index contributed by atoms with van der Waals surface area (Å²) in [6, 6.07) is 11.5. The van der Waals surface area contributed by atoms with Crippen LogP contribution in [0, 0.1) is 0 Å². The van der Waals surface area contributed by atoms with Gasteiger partial charge in [-0.15, -0.1) is 0 Å². The average Bonchev–Trinajstić information content (AvgIpc) is 3.30. The highest BCUT2D eigenvalue weighted by Crippen LogP contribution is 2.20. The Kier molecular flexibility index (Phi) is 4.27. The molecule has 0 spiro atoms. The molecule has 0 atom stereocenters. The summed E-state index contributed by atoms with van der Waals surface area (Å²) in [5.41, 5.74) is 2.16. The molecule has 1 fully saturated rings. The molecule has 0 radical (unpaired) electrons. The number of rotatable bonds is 4. The fourth-order valence-corrected chi connectivity index (χ4v) is 3.36. The van der Waals surface area contributed by atoms with E-state index in [1.165, 1.54) is 4.68 Å². The van der Waals surface area contributed by atoms with E-state index < -0.39 is 5.91 Å². The van der Waals surface area contributed by atoms with Crippen LogP contribution in [0.4, 0.5) is 5.82 Å². The molecule has 4 aromatic rings. The van der Waals surface area contributed by atoms with E-state index in [1.54, 1.807) is 34.8 Å². The maximum absolute atomic E-state index is 12.8. The third kappa shape index (κ3) is 3.20. The standard InChI is InChI=1S/C21H19N7O2/c1-26-12-15(18(25-26)20(30)27-9-5-10-27)19(29)23-17-8-11-28-13-16(22-21(28)24-17)14-6-3-2-4-7-14/h2-4,6-8,11-13H,5,9-10H2,1H3,(H,22,23,24,29). The van der Waals surface area contributed by atoms with Gasteiger partial charge in [0.15, 0.2) is 5.69 Å². The van der Waals surface area contributed by atoms with Crippen LogP contribution in [0.15, 0.2) is 55.0 Å². The maximum Gasteiger partial charge on any atom is 0.275 e. The molecular formula is C21H19N7O2. The zero-order chi connectivity index (χ0) is 20.7. The molecule has 9 heteroatoms. The Labute approximate surface area is 172 Å². The number of nitrogens with zero attached hydrogens (tertiary/aromatic N) is 6. The molecule has 1 N–H and O–H groups in total. The summed E-state index contributed by atoms with van der Waals surface area (Å²) in [4.78, 5) is 36.1. The van der Waals surface area contributed by atoms with Crippen molar-refractivity contribution in [2.24, 2.45) is 7.05 Å². The molecule has 1 aliphatic rings. The van der Waals surface area contributed by atoms with E-state index in [0.717, 1.165) is 17.7 Å². The molecular weight excluding hydrogens is 382 g/mol. The van der Waals surface area contributed by atoms with E-state index in [4.69, 9.17) is 0 Å². The van der Waals surface area contributed by atoms with Crippen molar-refractivity contribution < 1.29 is 9.59 Å². The maximum atomic E-state index is 12.8. The number of hydrogen-bond acceptors (Lipinski definition) is 5. The fourth-order valence-electron chi connectivity index (χ4n) is 3.36. The minimum atomic E-state index is -0.432. The fraction of sp³-hybridized carbons (Fsp3) is 0.190. The van der Waals surface area contributed by atoms with Gasteiger partial charge in [-0.25, -0.2) is 4.98 Å². The number of nitrogens with one attached hydrogen (secondary N) is 1. The van der Waals surface area contributed by atoms with E-state index in [1.807, 2.05) is 36.5 Å². The topological polar surface area (TPSA) is 97.4 Å². The van der Waals surface area contributed by atoms with Crippen molar-refractivity contribution in [3.63, 3.8) is 0 Å². The lowest BCUT2D eigenvalue weighted by atomic mass is 10.1. The van der Waals surface area contributed by atoms with Crippen LogP contribution >= 0.6 is 0 Å². The molecule has 1 aromatic carbocycles. The quantitative estimate of drug-likeness (QED) is 0.566. The van der Waals surface area contributed by atoms with Crippen molar-refractivity contribution in [3.05, 3.63) is 66.2 Å². The predicted molar refractivity (Wildman–Crippen MR) is 110 cm³/mol. The third-order valence-electron chi connectivity index (χ3n) is 5.06. The molecule has 9 nitrogen and oxygen atoms in total. The lowest BCUT2D eigenvalue weighted by Crippen LogP contribution is -2.42. The highest BCUT2D eigenvalue weighted by atomic mass is 16.2. The second-order valence-electron chi connectivity index (χ2n) is 7.18. The predicted octanol–water partition coefficient (Wildman–Crippen LogP) is 2.23. The zero-order valence-corrected chi connectivity index (χ0v) is 16.3. The highest BCUT2D eigenvalue weighted by molar-refractivity contribution is 6.11. The average molecular weight is 401 g/mol. The van der Waals surface area contributed by atoms with Crippen LogP contribution in [0.1, 0.15) is 27.3 Å². The molecule has 0 saturated carbocycles. The van der Waals surface area contributed by atoms with Crippen molar-refractivity contribution in [1.29, 1.82) is 0 Å². The molecule has 0 aliphatic carbocycles. The molecule has 0 bridgehead atoms. The first-order chi connectivity index (χ1) is 14.6. The molecule has 1 aliphatic heterocycles. The summed E-state index contributed by atoms with van der Waals surface area (Å²) in [7, 11) is 1.68. The highest BCUT2D eigenvalue weighted by Gasteiger charge is 2.28. The number of fused-ring (bicyclic) bond motifs is 1. The number of aryl methyl sites for hydroxylation is 1. The second-order valence-corrected chi connectivity index (χ2v) is 7.18. The SMILES string of the molecule is Cn1cc(C(=O)Nc2ccn3cc(-c4ccccc4)nc3n2)c(C(=O)N2CCC2)n1. The van der Waals surface area contributed by atoms with Crippen LogP contribution in [0.5, 0.6) is 0 Å². The van der Waals surface area contributed by atoms with Crippen molar-refractivity contribution in [2.45, 2.75) is 6.42 Å². The third-order valence-corrected chi connectivity index (χ3v) is 5.06. The molecule has 0 unspecified atom stereocenters. The van der Waals surface area contributed by atoms with Gasteiger partial charge in [0.25, 0.3) is 11.8 Å². The summed E-state index contributed by atoms with van der Waals surface area (Å²) in [5, 5.41) is 6.95. The first-order valence-electron chi connectivity index (χ1n) is 9.64.